The van der Waals surface area contributed by atoms with Crippen molar-refractivity contribution in [2.75, 3.05) is 31.1 Å². The number of hydrogen-bond donors (Lipinski definition) is 3. The molecule has 0 saturated heterocycles. The number of urea groups is 1. The van der Waals surface area contributed by atoms with Gasteiger partial charge in [-0.25, -0.2) is 9.59 Å². The molecule has 0 saturated carbocycles. The molecule has 0 aliphatic carbocycles. The molecule has 4 N–H and O–H groups in total. The van der Waals surface area contributed by atoms with E-state index in [4.69, 9.17) is 15.6 Å². The molecule has 2 amide bonds. The van der Waals surface area contributed by atoms with Gasteiger partial charge in [-0.05, 0) is 25.1 Å². The number of ether oxygens (including phenoxy) is 1. The van der Waals surface area contributed by atoms with Gasteiger partial charge in [-0.2, -0.15) is 0 Å². The lowest BCUT2D eigenvalue weighted by Crippen LogP contribution is -2.45. The Balaban J connectivity index is 2.22. The lowest BCUT2D eigenvalue weighted by atomic mass is 10.1. The second-order valence-electron chi connectivity index (χ2n) is 4.33. The lowest BCUT2D eigenvalue weighted by Gasteiger charge is -2.30. The van der Waals surface area contributed by atoms with Crippen LogP contribution in [-0.2, 0) is 0 Å². The summed E-state index contributed by atoms with van der Waals surface area (Å²) in [6.45, 7) is 1.63. The zero-order valence-corrected chi connectivity index (χ0v) is 11.0. The monoisotopic (exact) mass is 279 g/mol. The van der Waals surface area contributed by atoms with Gasteiger partial charge >= 0.3 is 12.0 Å². The van der Waals surface area contributed by atoms with E-state index in [1.165, 1.54) is 11.0 Å². The number of nitrogens with two attached hydrogens (primary N) is 1. The number of nitrogens with one attached hydrogen (secondary N) is 1. The molecule has 0 atom stereocenters. The molecular formula is C13H17N3O4. The molecule has 108 valence electrons. The summed E-state index contributed by atoms with van der Waals surface area (Å²) in [5, 5.41) is 11.9. The third-order valence-electron chi connectivity index (χ3n) is 2.98. The summed E-state index contributed by atoms with van der Waals surface area (Å²) < 4.78 is 5.40. The van der Waals surface area contributed by atoms with Crippen LogP contribution in [0.2, 0.25) is 0 Å². The Labute approximate surface area is 116 Å². The minimum atomic E-state index is -1.08. The highest BCUT2D eigenvalue weighted by molar-refractivity contribution is 5.99. The molecule has 7 nitrogen and oxygen atoms in total. The Morgan fingerprint density at radius 2 is 2.25 bits per heavy atom. The van der Waals surface area contributed by atoms with E-state index >= 15 is 0 Å². The van der Waals surface area contributed by atoms with Gasteiger partial charge in [0.1, 0.15) is 12.2 Å². The molecule has 1 aromatic rings. The summed E-state index contributed by atoms with van der Waals surface area (Å²) in [6, 6.07) is 4.45. The number of carbonyl (C=O) groups is 2. The molecule has 0 bridgehead atoms. The minimum absolute atomic E-state index is 0.0574. The van der Waals surface area contributed by atoms with Crippen LogP contribution >= 0.6 is 0 Å². The first kappa shape index (κ1) is 14.1. The van der Waals surface area contributed by atoms with Crippen molar-refractivity contribution in [3.8, 4) is 5.75 Å². The molecule has 0 aromatic heterocycles. The SMILES string of the molecule is NCCCNC(=O)N1CCOc2c(C(=O)O)cccc21. The van der Waals surface area contributed by atoms with Gasteiger partial charge in [0.15, 0.2) is 5.75 Å². The Morgan fingerprint density at radius 3 is 2.95 bits per heavy atom. The number of nitrogens with zero attached hydrogens (tertiary/aromatic N) is 1. The molecule has 1 aromatic carbocycles. The zero-order valence-electron chi connectivity index (χ0n) is 11.0. The van der Waals surface area contributed by atoms with Crippen LogP contribution < -0.4 is 20.7 Å². The van der Waals surface area contributed by atoms with E-state index in [1.807, 2.05) is 0 Å². The van der Waals surface area contributed by atoms with Crippen LogP contribution in [-0.4, -0.2) is 43.3 Å². The molecular weight excluding hydrogens is 262 g/mol. The van der Waals surface area contributed by atoms with Gasteiger partial charge in [-0.15, -0.1) is 0 Å². The molecule has 0 radical (unpaired) electrons. The predicted octanol–water partition coefficient (Wildman–Crippen LogP) is 0.642. The van der Waals surface area contributed by atoms with Crippen LogP contribution in [0.3, 0.4) is 0 Å². The normalized spacial score (nSPS) is 13.3. The van der Waals surface area contributed by atoms with Gasteiger partial charge in [-0.1, -0.05) is 6.07 Å². The van der Waals surface area contributed by atoms with Crippen LogP contribution in [0.15, 0.2) is 18.2 Å². The van der Waals surface area contributed by atoms with Crippen LogP contribution in [0.5, 0.6) is 5.75 Å². The zero-order chi connectivity index (χ0) is 14.5. The van der Waals surface area contributed by atoms with Crippen molar-refractivity contribution in [2.45, 2.75) is 6.42 Å². The number of hydrogen-bond acceptors (Lipinski definition) is 4. The number of carbonyl (C=O) groups excluding carboxylic acids is 1. The Hall–Kier alpha value is -2.28. The first-order chi connectivity index (χ1) is 9.65. The third-order valence-corrected chi connectivity index (χ3v) is 2.98. The lowest BCUT2D eigenvalue weighted by molar-refractivity contribution is 0.0692. The van der Waals surface area contributed by atoms with Gasteiger partial charge in [0.2, 0.25) is 0 Å². The second kappa shape index (κ2) is 6.25. The van der Waals surface area contributed by atoms with Crippen molar-refractivity contribution >= 4 is 17.7 Å². The van der Waals surface area contributed by atoms with E-state index in [1.54, 1.807) is 12.1 Å². The maximum absolute atomic E-state index is 12.1. The van der Waals surface area contributed by atoms with Crippen molar-refractivity contribution in [3.05, 3.63) is 23.8 Å². The van der Waals surface area contributed by atoms with Gasteiger partial charge in [0.25, 0.3) is 0 Å². The molecule has 1 aliphatic rings. The van der Waals surface area contributed by atoms with Gasteiger partial charge in [-0.3, -0.25) is 4.90 Å². The summed E-state index contributed by atoms with van der Waals surface area (Å²) in [5.41, 5.74) is 5.90. The highest BCUT2D eigenvalue weighted by atomic mass is 16.5. The first-order valence-corrected chi connectivity index (χ1v) is 6.39. The number of fused-ring (bicyclic) bond motifs is 1. The average molecular weight is 279 g/mol. The molecule has 2 rings (SSSR count). The molecule has 0 spiro atoms. The molecule has 1 aliphatic heterocycles. The van der Waals surface area contributed by atoms with Crippen LogP contribution in [0.25, 0.3) is 0 Å². The Kier molecular flexibility index (Phi) is 4.41. The minimum Gasteiger partial charge on any atom is -0.489 e. The molecule has 20 heavy (non-hydrogen) atoms. The van der Waals surface area contributed by atoms with Gasteiger partial charge in [0.05, 0.1) is 12.2 Å². The van der Waals surface area contributed by atoms with Crippen molar-refractivity contribution in [3.63, 3.8) is 0 Å². The van der Waals surface area contributed by atoms with Crippen molar-refractivity contribution in [2.24, 2.45) is 5.73 Å². The highest BCUT2D eigenvalue weighted by Crippen LogP contribution is 2.34. The summed E-state index contributed by atoms with van der Waals surface area (Å²) in [4.78, 5) is 24.7. The summed E-state index contributed by atoms with van der Waals surface area (Å²) in [6.07, 6.45) is 0.693. The largest absolute Gasteiger partial charge is 0.489 e. The number of para-hydroxylation sites is 1. The number of carboxylic acid groups (broad SMARTS) is 1. The molecule has 0 fully saturated rings. The van der Waals surface area contributed by atoms with E-state index in [0.29, 0.717) is 31.7 Å². The smallest absolute Gasteiger partial charge is 0.339 e. The summed E-state index contributed by atoms with van der Waals surface area (Å²) in [5.74, 6) is -0.840. The fourth-order valence-corrected chi connectivity index (χ4v) is 2.02. The second-order valence-corrected chi connectivity index (χ2v) is 4.33. The Bertz CT molecular complexity index is 518. The standard InChI is InChI=1S/C13H17N3O4/c14-5-2-6-15-13(19)16-7-8-20-11-9(12(17)18)3-1-4-10(11)16/h1,3-4H,2,5-8,14H2,(H,15,19)(H,17,18). The quantitative estimate of drug-likeness (QED) is 0.701. The van der Waals surface area contributed by atoms with Crippen molar-refractivity contribution in [1.29, 1.82) is 0 Å². The number of rotatable bonds is 4. The molecule has 1 heterocycles. The van der Waals surface area contributed by atoms with Gasteiger partial charge < -0.3 is 20.9 Å². The molecule has 7 heteroatoms. The number of carboxylic acids is 1. The van der Waals surface area contributed by atoms with Crippen molar-refractivity contribution in [1.82, 2.24) is 5.32 Å². The first-order valence-electron chi connectivity index (χ1n) is 6.39. The van der Waals surface area contributed by atoms with Crippen LogP contribution in [0.4, 0.5) is 10.5 Å². The van der Waals surface area contributed by atoms with Crippen LogP contribution in [0.1, 0.15) is 16.8 Å². The number of benzene rings is 1. The summed E-state index contributed by atoms with van der Waals surface area (Å²) >= 11 is 0. The predicted molar refractivity (Wildman–Crippen MR) is 73.3 cm³/mol. The average Bonchev–Trinajstić information content (AvgIpc) is 2.46. The fraction of sp³-hybridized carbons (Fsp3) is 0.385. The van der Waals surface area contributed by atoms with E-state index in [-0.39, 0.29) is 24.0 Å². The number of anilines is 1. The van der Waals surface area contributed by atoms with Gasteiger partial charge in [0, 0.05) is 6.54 Å². The van der Waals surface area contributed by atoms with Crippen LogP contribution in [0, 0.1) is 0 Å². The maximum atomic E-state index is 12.1. The van der Waals surface area contributed by atoms with E-state index < -0.39 is 5.97 Å². The maximum Gasteiger partial charge on any atom is 0.339 e. The fourth-order valence-electron chi connectivity index (χ4n) is 2.02. The Morgan fingerprint density at radius 1 is 1.45 bits per heavy atom. The van der Waals surface area contributed by atoms with E-state index in [9.17, 15) is 9.59 Å². The number of aromatic carboxylic acids is 1. The summed E-state index contributed by atoms with van der Waals surface area (Å²) in [7, 11) is 0. The van der Waals surface area contributed by atoms with E-state index in [0.717, 1.165) is 0 Å². The molecule has 0 unspecified atom stereocenters. The third kappa shape index (κ3) is 2.83. The van der Waals surface area contributed by atoms with E-state index in [2.05, 4.69) is 5.32 Å². The number of amides is 2. The van der Waals surface area contributed by atoms with Crippen molar-refractivity contribution < 1.29 is 19.4 Å². The highest BCUT2D eigenvalue weighted by Gasteiger charge is 2.27. The topological polar surface area (TPSA) is 105 Å².